The van der Waals surface area contributed by atoms with Crippen LogP contribution in [-0.2, 0) is 26.2 Å². The van der Waals surface area contributed by atoms with Crippen LogP contribution in [0.4, 0.5) is 5.69 Å². The Bertz CT molecular complexity index is 1100. The number of amides is 2. The zero-order valence-electron chi connectivity index (χ0n) is 20.5. The summed E-state index contributed by atoms with van der Waals surface area (Å²) in [6.07, 6.45) is 1.55. The number of anilines is 1. The molecule has 186 valence electrons. The van der Waals surface area contributed by atoms with Crippen molar-refractivity contribution in [1.82, 2.24) is 10.2 Å². The minimum Gasteiger partial charge on any atom is -0.355 e. The van der Waals surface area contributed by atoms with E-state index in [4.69, 9.17) is 11.6 Å². The van der Waals surface area contributed by atoms with Gasteiger partial charge in [-0.25, -0.2) is 8.42 Å². The number of nitrogens with zero attached hydrogens (tertiary/aromatic N) is 2. The highest BCUT2D eigenvalue weighted by atomic mass is 35.5. The zero-order valence-corrected chi connectivity index (χ0v) is 22.0. The smallest absolute Gasteiger partial charge is 0.242 e. The van der Waals surface area contributed by atoms with E-state index in [2.05, 4.69) is 5.32 Å². The topological polar surface area (TPSA) is 86.8 Å². The van der Waals surface area contributed by atoms with Crippen molar-refractivity contribution in [3.05, 3.63) is 64.2 Å². The SMILES string of the molecule is CCNC(=O)[C@@H](C)N(Cc1ccccc1Cl)C(=O)CCCN(c1cc(C)cc(C)c1)S(C)(=O)=O. The summed E-state index contributed by atoms with van der Waals surface area (Å²) >= 11 is 6.30. The normalized spacial score (nSPS) is 12.2. The standard InChI is InChI=1S/C25H34ClN3O4S/c1-6-27-25(31)20(4)28(17-21-10-7-8-11-23(21)26)24(30)12-9-13-29(34(5,32)33)22-15-18(2)14-19(3)16-22/h7-8,10-11,14-16,20H,6,9,12-13,17H2,1-5H3,(H,27,31)/t20-/m1/s1. The van der Waals surface area contributed by atoms with Crippen molar-refractivity contribution in [3.63, 3.8) is 0 Å². The van der Waals surface area contributed by atoms with Crippen molar-refractivity contribution < 1.29 is 18.0 Å². The van der Waals surface area contributed by atoms with E-state index in [0.717, 1.165) is 22.9 Å². The van der Waals surface area contributed by atoms with E-state index in [1.165, 1.54) is 9.21 Å². The fourth-order valence-electron chi connectivity index (χ4n) is 3.81. The van der Waals surface area contributed by atoms with Crippen LogP contribution in [0.25, 0.3) is 0 Å². The van der Waals surface area contributed by atoms with Crippen LogP contribution in [0.15, 0.2) is 42.5 Å². The predicted molar refractivity (Wildman–Crippen MR) is 137 cm³/mol. The highest BCUT2D eigenvalue weighted by Gasteiger charge is 2.27. The van der Waals surface area contributed by atoms with Gasteiger partial charge in [0.25, 0.3) is 0 Å². The second-order valence-electron chi connectivity index (χ2n) is 8.47. The highest BCUT2D eigenvalue weighted by molar-refractivity contribution is 7.92. The molecule has 0 unspecified atom stereocenters. The summed E-state index contributed by atoms with van der Waals surface area (Å²) in [6.45, 7) is 8.12. The molecule has 0 radical (unpaired) electrons. The van der Waals surface area contributed by atoms with Crippen LogP contribution in [0.2, 0.25) is 5.02 Å². The van der Waals surface area contributed by atoms with E-state index < -0.39 is 16.1 Å². The maximum absolute atomic E-state index is 13.2. The van der Waals surface area contributed by atoms with Gasteiger partial charge in [-0.1, -0.05) is 35.9 Å². The summed E-state index contributed by atoms with van der Waals surface area (Å²) in [4.78, 5) is 27.2. The van der Waals surface area contributed by atoms with E-state index in [1.807, 2.05) is 51.1 Å². The molecule has 0 bridgehead atoms. The molecular weight excluding hydrogens is 474 g/mol. The Morgan fingerprint density at radius 2 is 1.71 bits per heavy atom. The van der Waals surface area contributed by atoms with Crippen molar-refractivity contribution in [1.29, 1.82) is 0 Å². The van der Waals surface area contributed by atoms with E-state index in [9.17, 15) is 18.0 Å². The van der Waals surface area contributed by atoms with Crippen molar-refractivity contribution >= 4 is 39.1 Å². The molecule has 2 aromatic carbocycles. The number of aryl methyl sites for hydroxylation is 2. The fourth-order valence-corrected chi connectivity index (χ4v) is 4.96. The fraction of sp³-hybridized carbons (Fsp3) is 0.440. The number of rotatable bonds is 11. The summed E-state index contributed by atoms with van der Waals surface area (Å²) < 4.78 is 26.3. The van der Waals surface area contributed by atoms with Crippen LogP contribution >= 0.6 is 11.6 Å². The molecule has 0 aliphatic heterocycles. The molecule has 0 aliphatic carbocycles. The molecule has 1 N–H and O–H groups in total. The Labute approximate surface area is 208 Å². The van der Waals surface area contributed by atoms with E-state index >= 15 is 0 Å². The van der Waals surface area contributed by atoms with Gasteiger partial charge in [0.05, 0.1) is 11.9 Å². The van der Waals surface area contributed by atoms with E-state index in [-0.39, 0.29) is 31.3 Å². The molecule has 2 amide bonds. The lowest BCUT2D eigenvalue weighted by molar-refractivity contribution is -0.140. The second-order valence-corrected chi connectivity index (χ2v) is 10.8. The monoisotopic (exact) mass is 507 g/mol. The molecule has 0 heterocycles. The van der Waals surface area contributed by atoms with Crippen molar-refractivity contribution in [2.75, 3.05) is 23.7 Å². The molecule has 0 fully saturated rings. The van der Waals surface area contributed by atoms with Crippen LogP contribution < -0.4 is 9.62 Å². The second kappa shape index (κ2) is 12.2. The third-order valence-electron chi connectivity index (χ3n) is 5.46. The molecule has 0 spiro atoms. The first kappa shape index (κ1) is 27.7. The van der Waals surface area contributed by atoms with Crippen LogP contribution in [0.5, 0.6) is 0 Å². The van der Waals surface area contributed by atoms with Gasteiger partial charge in [-0.3, -0.25) is 13.9 Å². The molecule has 34 heavy (non-hydrogen) atoms. The third kappa shape index (κ3) is 7.74. The molecule has 9 heteroatoms. The summed E-state index contributed by atoms with van der Waals surface area (Å²) in [5.74, 6) is -0.497. The number of nitrogens with one attached hydrogen (secondary N) is 1. The maximum Gasteiger partial charge on any atom is 0.242 e. The number of halogens is 1. The highest BCUT2D eigenvalue weighted by Crippen LogP contribution is 2.23. The Kier molecular flexibility index (Phi) is 9.94. The van der Waals surface area contributed by atoms with Crippen molar-refractivity contribution in [3.8, 4) is 0 Å². The number of sulfonamides is 1. The van der Waals surface area contributed by atoms with Gasteiger partial charge < -0.3 is 10.2 Å². The van der Waals surface area contributed by atoms with Gasteiger partial charge in [-0.2, -0.15) is 0 Å². The van der Waals surface area contributed by atoms with Crippen LogP contribution in [-0.4, -0.2) is 50.5 Å². The Morgan fingerprint density at radius 3 is 2.26 bits per heavy atom. The van der Waals surface area contributed by atoms with Crippen molar-refractivity contribution in [2.45, 2.75) is 53.1 Å². The van der Waals surface area contributed by atoms with Gasteiger partial charge in [-0.15, -0.1) is 0 Å². The van der Waals surface area contributed by atoms with Crippen LogP contribution in [0.3, 0.4) is 0 Å². The quantitative estimate of drug-likeness (QED) is 0.497. The van der Waals surface area contributed by atoms with Gasteiger partial charge in [0, 0.05) is 31.1 Å². The molecule has 0 saturated heterocycles. The first-order valence-electron chi connectivity index (χ1n) is 11.3. The summed E-state index contributed by atoms with van der Waals surface area (Å²) in [5.41, 5.74) is 3.24. The third-order valence-corrected chi connectivity index (χ3v) is 7.03. The average molecular weight is 508 g/mol. The maximum atomic E-state index is 13.2. The molecule has 7 nitrogen and oxygen atoms in total. The van der Waals surface area contributed by atoms with Crippen molar-refractivity contribution in [2.24, 2.45) is 0 Å². The first-order valence-corrected chi connectivity index (χ1v) is 13.5. The largest absolute Gasteiger partial charge is 0.355 e. The lowest BCUT2D eigenvalue weighted by Gasteiger charge is -2.29. The Hall–Kier alpha value is -2.58. The minimum atomic E-state index is -3.53. The molecular formula is C25H34ClN3O4S. The number of carbonyl (C=O) groups excluding carboxylic acids is 2. The summed E-state index contributed by atoms with van der Waals surface area (Å²) in [6, 6.07) is 12.1. The number of hydrogen-bond acceptors (Lipinski definition) is 4. The number of benzene rings is 2. The van der Waals surface area contributed by atoms with Gasteiger partial charge in [0.1, 0.15) is 6.04 Å². The predicted octanol–water partition coefficient (Wildman–Crippen LogP) is 4.06. The molecule has 2 rings (SSSR count). The molecule has 0 aromatic heterocycles. The van der Waals surface area contributed by atoms with Crippen LogP contribution in [0.1, 0.15) is 43.4 Å². The van der Waals surface area contributed by atoms with E-state index in [0.29, 0.717) is 23.7 Å². The number of hydrogen-bond donors (Lipinski definition) is 1. The van der Waals surface area contributed by atoms with Gasteiger partial charge >= 0.3 is 0 Å². The Morgan fingerprint density at radius 1 is 1.09 bits per heavy atom. The van der Waals surface area contributed by atoms with Gasteiger partial charge in [0.15, 0.2) is 0 Å². The first-order chi connectivity index (χ1) is 15.9. The lowest BCUT2D eigenvalue weighted by Crippen LogP contribution is -2.47. The van der Waals surface area contributed by atoms with Crippen LogP contribution in [0, 0.1) is 13.8 Å². The van der Waals surface area contributed by atoms with E-state index in [1.54, 1.807) is 19.1 Å². The van der Waals surface area contributed by atoms with Gasteiger partial charge in [-0.05, 0) is 69.0 Å². The molecule has 0 saturated carbocycles. The number of carbonyl (C=O) groups is 2. The lowest BCUT2D eigenvalue weighted by atomic mass is 10.1. The molecule has 2 aromatic rings. The summed E-state index contributed by atoms with van der Waals surface area (Å²) in [7, 11) is -3.53. The average Bonchev–Trinajstić information content (AvgIpc) is 2.74. The van der Waals surface area contributed by atoms with Gasteiger partial charge in [0.2, 0.25) is 21.8 Å². The number of likely N-dealkylation sites (N-methyl/N-ethyl adjacent to an activating group) is 1. The molecule has 1 atom stereocenters. The Balaban J connectivity index is 2.19. The summed E-state index contributed by atoms with van der Waals surface area (Å²) in [5, 5.41) is 3.27. The minimum absolute atomic E-state index is 0.0883. The molecule has 0 aliphatic rings. The zero-order chi connectivity index (χ0) is 25.5.